The monoisotopic (exact) mass is 476 g/mol. The number of benzene rings is 2. The van der Waals surface area contributed by atoms with Crippen LogP contribution in [-0.4, -0.2) is 37.3 Å². The molecule has 8 heteroatoms. The van der Waals surface area contributed by atoms with E-state index in [-0.39, 0.29) is 48.3 Å². The number of carbonyl (C=O) groups is 4. The number of nitrogens with zero attached hydrogens (tertiary/aromatic N) is 2. The third-order valence-electron chi connectivity index (χ3n) is 7.32. The van der Waals surface area contributed by atoms with Gasteiger partial charge in [0.1, 0.15) is 11.5 Å². The standard InChI is InChI=1S/C27H28N2O6/c1-16-6-11-22-23(12-16)26(32)29(25(22)31)19-4-3-5-21(14-19)35-27(33)17-13-24(30)28(15-17)18-7-9-20(34-2)10-8-18/h3-5,7-10,14,16-17,22-23H,6,11-13,15H2,1-2H3/t16-,17+,22+,23+/m1/s1. The molecule has 3 fully saturated rings. The lowest BCUT2D eigenvalue weighted by Gasteiger charge is -2.25. The molecule has 2 saturated heterocycles. The maximum absolute atomic E-state index is 13.0. The summed E-state index contributed by atoms with van der Waals surface area (Å²) in [6, 6.07) is 13.6. The molecule has 0 radical (unpaired) electrons. The quantitative estimate of drug-likeness (QED) is 0.372. The Morgan fingerprint density at radius 3 is 2.40 bits per heavy atom. The maximum atomic E-state index is 13.0. The van der Waals surface area contributed by atoms with Gasteiger partial charge in [0, 0.05) is 24.7 Å². The van der Waals surface area contributed by atoms with Gasteiger partial charge in [0.25, 0.3) is 0 Å². The van der Waals surface area contributed by atoms with Gasteiger partial charge in [-0.05, 0) is 61.6 Å². The van der Waals surface area contributed by atoms with E-state index in [1.54, 1.807) is 60.5 Å². The van der Waals surface area contributed by atoms with Gasteiger partial charge in [-0.3, -0.25) is 19.2 Å². The summed E-state index contributed by atoms with van der Waals surface area (Å²) < 4.78 is 10.7. The van der Waals surface area contributed by atoms with Crippen LogP contribution >= 0.6 is 0 Å². The van der Waals surface area contributed by atoms with Crippen LogP contribution in [0.1, 0.15) is 32.6 Å². The molecule has 2 aromatic rings. The first-order valence-corrected chi connectivity index (χ1v) is 12.0. The molecule has 1 aliphatic carbocycles. The summed E-state index contributed by atoms with van der Waals surface area (Å²) in [6.07, 6.45) is 2.44. The SMILES string of the molecule is COc1ccc(N2C[C@@H](C(=O)Oc3cccc(N4C(=O)[C@H]5CC[C@@H](C)C[C@@H]5C4=O)c3)CC2=O)cc1. The Labute approximate surface area is 203 Å². The molecule has 3 amide bonds. The highest BCUT2D eigenvalue weighted by atomic mass is 16.5. The van der Waals surface area contributed by atoms with Gasteiger partial charge >= 0.3 is 5.97 Å². The minimum absolute atomic E-state index is 0.0508. The summed E-state index contributed by atoms with van der Waals surface area (Å²) in [5, 5.41) is 0. The molecular weight excluding hydrogens is 448 g/mol. The molecule has 0 spiro atoms. The van der Waals surface area contributed by atoms with Crippen molar-refractivity contribution < 1.29 is 28.7 Å². The molecule has 182 valence electrons. The molecule has 0 aromatic heterocycles. The van der Waals surface area contributed by atoms with E-state index in [0.717, 1.165) is 19.3 Å². The molecule has 0 unspecified atom stereocenters. The Morgan fingerprint density at radius 1 is 0.914 bits per heavy atom. The lowest BCUT2D eigenvalue weighted by molar-refractivity contribution is -0.139. The molecular formula is C27H28N2O6. The summed E-state index contributed by atoms with van der Waals surface area (Å²) in [5.74, 6) is -0.835. The van der Waals surface area contributed by atoms with Crippen LogP contribution in [0.4, 0.5) is 11.4 Å². The fourth-order valence-electron chi connectivity index (χ4n) is 5.41. The molecule has 0 N–H and O–H groups in total. The first-order chi connectivity index (χ1) is 16.9. The second-order valence-electron chi connectivity index (χ2n) is 9.66. The Balaban J connectivity index is 1.27. The number of imide groups is 1. The van der Waals surface area contributed by atoms with Crippen LogP contribution in [-0.2, 0) is 19.2 Å². The average molecular weight is 477 g/mol. The van der Waals surface area contributed by atoms with E-state index < -0.39 is 11.9 Å². The maximum Gasteiger partial charge on any atom is 0.316 e. The highest BCUT2D eigenvalue weighted by molar-refractivity contribution is 6.22. The van der Waals surface area contributed by atoms with Crippen molar-refractivity contribution in [3.05, 3.63) is 48.5 Å². The van der Waals surface area contributed by atoms with Crippen LogP contribution in [0.5, 0.6) is 11.5 Å². The van der Waals surface area contributed by atoms with Gasteiger partial charge in [-0.15, -0.1) is 0 Å². The minimum atomic E-state index is -0.618. The predicted octanol–water partition coefficient (Wildman–Crippen LogP) is 3.58. The van der Waals surface area contributed by atoms with Crippen molar-refractivity contribution in [3.63, 3.8) is 0 Å². The van der Waals surface area contributed by atoms with Crippen LogP contribution in [0.15, 0.2) is 48.5 Å². The van der Waals surface area contributed by atoms with E-state index in [1.807, 2.05) is 0 Å². The normalized spacial score (nSPS) is 26.2. The van der Waals surface area contributed by atoms with Crippen LogP contribution in [0.2, 0.25) is 0 Å². The molecule has 5 rings (SSSR count). The van der Waals surface area contributed by atoms with E-state index in [9.17, 15) is 19.2 Å². The van der Waals surface area contributed by atoms with Crippen LogP contribution in [0.3, 0.4) is 0 Å². The van der Waals surface area contributed by atoms with Gasteiger partial charge in [-0.2, -0.15) is 0 Å². The Bertz CT molecular complexity index is 1180. The fourth-order valence-corrected chi connectivity index (χ4v) is 5.41. The molecule has 2 aromatic carbocycles. The number of anilines is 2. The summed E-state index contributed by atoms with van der Waals surface area (Å²) in [4.78, 5) is 54.3. The Kier molecular flexibility index (Phi) is 6.05. The van der Waals surface area contributed by atoms with Crippen molar-refractivity contribution in [1.29, 1.82) is 0 Å². The second kappa shape index (κ2) is 9.17. The van der Waals surface area contributed by atoms with E-state index in [4.69, 9.17) is 9.47 Å². The zero-order chi connectivity index (χ0) is 24.7. The highest BCUT2D eigenvalue weighted by Crippen LogP contribution is 2.42. The lowest BCUT2D eigenvalue weighted by atomic mass is 9.76. The number of amides is 3. The number of esters is 1. The van der Waals surface area contributed by atoms with Crippen molar-refractivity contribution in [3.8, 4) is 11.5 Å². The van der Waals surface area contributed by atoms with Gasteiger partial charge in [-0.25, -0.2) is 4.90 Å². The Hall–Kier alpha value is -3.68. The van der Waals surface area contributed by atoms with Gasteiger partial charge in [-0.1, -0.05) is 13.0 Å². The third-order valence-corrected chi connectivity index (χ3v) is 7.32. The van der Waals surface area contributed by atoms with Crippen molar-refractivity contribution in [2.75, 3.05) is 23.5 Å². The van der Waals surface area contributed by atoms with Crippen molar-refractivity contribution in [2.45, 2.75) is 32.6 Å². The lowest BCUT2D eigenvalue weighted by Crippen LogP contribution is -2.31. The predicted molar refractivity (Wildman–Crippen MR) is 128 cm³/mol. The summed E-state index contributed by atoms with van der Waals surface area (Å²) in [7, 11) is 1.57. The number of ether oxygens (including phenoxy) is 2. The molecule has 2 heterocycles. The van der Waals surface area contributed by atoms with Gasteiger partial charge in [0.2, 0.25) is 17.7 Å². The minimum Gasteiger partial charge on any atom is -0.497 e. The number of hydrogen-bond acceptors (Lipinski definition) is 6. The van der Waals surface area contributed by atoms with Gasteiger partial charge in [0.15, 0.2) is 0 Å². The van der Waals surface area contributed by atoms with E-state index >= 15 is 0 Å². The number of hydrogen-bond donors (Lipinski definition) is 0. The van der Waals surface area contributed by atoms with Crippen LogP contribution < -0.4 is 19.3 Å². The van der Waals surface area contributed by atoms with Crippen molar-refractivity contribution in [2.24, 2.45) is 23.7 Å². The first-order valence-electron chi connectivity index (χ1n) is 12.0. The van der Waals surface area contributed by atoms with Crippen LogP contribution in [0, 0.1) is 23.7 Å². The molecule has 0 bridgehead atoms. The topological polar surface area (TPSA) is 93.2 Å². The van der Waals surface area contributed by atoms with Gasteiger partial charge in [0.05, 0.1) is 30.6 Å². The first kappa shape index (κ1) is 23.1. The summed E-state index contributed by atoms with van der Waals surface area (Å²) in [6.45, 7) is 2.33. The van der Waals surface area contributed by atoms with Crippen molar-refractivity contribution in [1.82, 2.24) is 0 Å². The number of methoxy groups -OCH3 is 1. The number of carbonyl (C=O) groups excluding carboxylic acids is 4. The summed E-state index contributed by atoms with van der Waals surface area (Å²) >= 11 is 0. The number of rotatable bonds is 5. The smallest absolute Gasteiger partial charge is 0.316 e. The molecule has 2 aliphatic heterocycles. The zero-order valence-corrected chi connectivity index (χ0v) is 19.8. The highest BCUT2D eigenvalue weighted by Gasteiger charge is 2.50. The van der Waals surface area contributed by atoms with E-state index in [1.165, 1.54) is 4.90 Å². The third kappa shape index (κ3) is 4.29. The molecule has 3 aliphatic rings. The average Bonchev–Trinajstić information content (AvgIpc) is 3.36. The molecule has 8 nitrogen and oxygen atoms in total. The zero-order valence-electron chi connectivity index (χ0n) is 19.8. The molecule has 1 saturated carbocycles. The van der Waals surface area contributed by atoms with Gasteiger partial charge < -0.3 is 14.4 Å². The molecule has 35 heavy (non-hydrogen) atoms. The number of fused-ring (bicyclic) bond motifs is 1. The van der Waals surface area contributed by atoms with Crippen molar-refractivity contribution >= 4 is 35.1 Å². The second-order valence-corrected chi connectivity index (χ2v) is 9.66. The Morgan fingerprint density at radius 2 is 1.66 bits per heavy atom. The largest absolute Gasteiger partial charge is 0.497 e. The fraction of sp³-hybridized carbons (Fsp3) is 0.407. The summed E-state index contributed by atoms with van der Waals surface area (Å²) in [5.41, 5.74) is 1.10. The molecule has 4 atom stereocenters. The van der Waals surface area contributed by atoms with E-state index in [0.29, 0.717) is 23.0 Å². The van der Waals surface area contributed by atoms with Crippen LogP contribution in [0.25, 0.3) is 0 Å². The van der Waals surface area contributed by atoms with E-state index in [2.05, 4.69) is 6.92 Å².